The van der Waals surface area contributed by atoms with Crippen LogP contribution in [0.3, 0.4) is 0 Å². The lowest BCUT2D eigenvalue weighted by atomic mass is 10.0. The largest absolute Gasteiger partial charge is 0.493 e. The first-order chi connectivity index (χ1) is 22.0. The van der Waals surface area contributed by atoms with Crippen LogP contribution in [0.25, 0.3) is 22.2 Å². The molecule has 10 nitrogen and oxygen atoms in total. The number of nitrogens with zero attached hydrogens (tertiary/aromatic N) is 2. The van der Waals surface area contributed by atoms with E-state index in [1.165, 1.54) is 83.5 Å². The molecule has 0 atom stereocenters. The zero-order valence-corrected chi connectivity index (χ0v) is 29.4. The van der Waals surface area contributed by atoms with Crippen LogP contribution in [0.1, 0.15) is 96.8 Å². The SMILES string of the molecule is CCCCCCCCCCCCCCCCS(=O)(=O)N/N=c1/cc(-c2ccc(OC)c(OC)c2)n(C)c2ccc(S(=O)(=O)O)cc12. The van der Waals surface area contributed by atoms with Gasteiger partial charge in [0.2, 0.25) is 10.0 Å². The van der Waals surface area contributed by atoms with Crippen molar-refractivity contribution in [3.8, 4) is 22.8 Å². The van der Waals surface area contributed by atoms with Gasteiger partial charge in [0.25, 0.3) is 10.1 Å². The van der Waals surface area contributed by atoms with E-state index in [1.54, 1.807) is 38.4 Å². The van der Waals surface area contributed by atoms with Crippen molar-refractivity contribution in [3.63, 3.8) is 0 Å². The highest BCUT2D eigenvalue weighted by atomic mass is 32.2. The summed E-state index contributed by atoms with van der Waals surface area (Å²) in [4.78, 5) is 2.02. The number of sulfonamides is 1. The van der Waals surface area contributed by atoms with Crippen LogP contribution in [-0.4, -0.2) is 45.9 Å². The predicted molar refractivity (Wildman–Crippen MR) is 184 cm³/mol. The van der Waals surface area contributed by atoms with Crippen LogP contribution in [-0.2, 0) is 27.2 Å². The minimum absolute atomic E-state index is 0.0636. The lowest BCUT2D eigenvalue weighted by Crippen LogP contribution is -2.25. The topological polar surface area (TPSA) is 136 Å². The highest BCUT2D eigenvalue weighted by Crippen LogP contribution is 2.33. The van der Waals surface area contributed by atoms with Crippen molar-refractivity contribution in [2.75, 3.05) is 20.0 Å². The smallest absolute Gasteiger partial charge is 0.294 e. The molecule has 256 valence electrons. The van der Waals surface area contributed by atoms with Gasteiger partial charge in [-0.1, -0.05) is 90.4 Å². The molecule has 0 aliphatic heterocycles. The predicted octanol–water partition coefficient (Wildman–Crippen LogP) is 7.33. The second-order valence-electron chi connectivity index (χ2n) is 11.8. The summed E-state index contributed by atoms with van der Waals surface area (Å²) in [6.07, 6.45) is 16.5. The second kappa shape index (κ2) is 18.3. The van der Waals surface area contributed by atoms with E-state index in [2.05, 4.69) is 16.9 Å². The Morgan fingerprint density at radius 3 is 1.85 bits per heavy atom. The number of pyridine rings is 1. The zero-order valence-electron chi connectivity index (χ0n) is 27.8. The van der Waals surface area contributed by atoms with Crippen LogP contribution >= 0.6 is 0 Å². The van der Waals surface area contributed by atoms with E-state index >= 15 is 0 Å². The molecule has 2 aromatic carbocycles. The van der Waals surface area contributed by atoms with Crippen LogP contribution in [0.4, 0.5) is 0 Å². The molecule has 0 amide bonds. The Morgan fingerprint density at radius 1 is 0.739 bits per heavy atom. The Morgan fingerprint density at radius 2 is 1.30 bits per heavy atom. The van der Waals surface area contributed by atoms with Gasteiger partial charge in [0.1, 0.15) is 0 Å². The van der Waals surface area contributed by atoms with Gasteiger partial charge in [-0.2, -0.15) is 13.5 Å². The third-order valence-electron chi connectivity index (χ3n) is 8.29. The van der Waals surface area contributed by atoms with E-state index in [4.69, 9.17) is 9.47 Å². The van der Waals surface area contributed by atoms with Crippen LogP contribution in [0.2, 0.25) is 0 Å². The Bertz CT molecular complexity index is 1700. The average molecular weight is 678 g/mol. The highest BCUT2D eigenvalue weighted by molar-refractivity contribution is 7.89. The zero-order chi connectivity index (χ0) is 33.6. The number of aromatic nitrogens is 1. The third kappa shape index (κ3) is 11.3. The molecule has 0 aliphatic rings. The van der Waals surface area contributed by atoms with E-state index < -0.39 is 20.1 Å². The lowest BCUT2D eigenvalue weighted by molar-refractivity contribution is 0.355. The number of methoxy groups -OCH3 is 2. The Kier molecular flexibility index (Phi) is 14.9. The highest BCUT2D eigenvalue weighted by Gasteiger charge is 2.16. The summed E-state index contributed by atoms with van der Waals surface area (Å²) in [6.45, 7) is 2.24. The summed E-state index contributed by atoms with van der Waals surface area (Å²) in [5, 5.41) is 4.78. The summed E-state index contributed by atoms with van der Waals surface area (Å²) in [7, 11) is -3.36. The number of ether oxygens (including phenoxy) is 2. The standard InChI is InChI=1S/C34H51N3O7S2/c1-5-6-7-8-9-10-11-12-13-14-15-16-17-18-23-45(38,39)36-35-30-26-32(27-19-22-33(43-3)34(24-27)44-4)37(2)31-21-20-28(25-29(30)31)46(40,41)42/h19-22,24-26,36H,5-18,23H2,1-4H3,(H,40,41,42)/b35-30-. The number of unbranched alkanes of at least 4 members (excludes halogenated alkanes) is 13. The first-order valence-corrected chi connectivity index (χ1v) is 19.5. The molecule has 0 saturated heterocycles. The second-order valence-corrected chi connectivity index (χ2v) is 15.1. The molecule has 0 radical (unpaired) electrons. The van der Waals surface area contributed by atoms with Gasteiger partial charge in [-0.3, -0.25) is 4.55 Å². The van der Waals surface area contributed by atoms with E-state index in [9.17, 15) is 21.4 Å². The molecule has 3 rings (SSSR count). The maximum absolute atomic E-state index is 12.9. The van der Waals surface area contributed by atoms with E-state index in [0.717, 1.165) is 24.8 Å². The van der Waals surface area contributed by atoms with Crippen molar-refractivity contribution in [3.05, 3.63) is 47.8 Å². The van der Waals surface area contributed by atoms with Crippen LogP contribution in [0, 0.1) is 0 Å². The van der Waals surface area contributed by atoms with E-state index in [-0.39, 0.29) is 16.0 Å². The number of hydrogen-bond acceptors (Lipinski definition) is 7. The molecule has 46 heavy (non-hydrogen) atoms. The molecular weight excluding hydrogens is 627 g/mol. The van der Waals surface area contributed by atoms with Crippen LogP contribution < -0.4 is 19.7 Å². The lowest BCUT2D eigenvalue weighted by Gasteiger charge is -2.16. The monoisotopic (exact) mass is 677 g/mol. The number of aryl methyl sites for hydroxylation is 1. The van der Waals surface area contributed by atoms with Gasteiger partial charge in [-0.15, -0.1) is 0 Å². The molecule has 0 saturated carbocycles. The van der Waals surface area contributed by atoms with Crippen molar-refractivity contribution >= 4 is 31.0 Å². The molecule has 0 spiro atoms. The van der Waals surface area contributed by atoms with Crippen molar-refractivity contribution in [2.45, 2.75) is 102 Å². The van der Waals surface area contributed by atoms with Crippen molar-refractivity contribution < 1.29 is 30.9 Å². The Balaban J connectivity index is 1.67. The maximum Gasteiger partial charge on any atom is 0.294 e. The fourth-order valence-electron chi connectivity index (χ4n) is 5.62. The van der Waals surface area contributed by atoms with Crippen LogP contribution in [0.5, 0.6) is 11.5 Å². The van der Waals surface area contributed by atoms with E-state index in [1.807, 2.05) is 10.6 Å². The minimum Gasteiger partial charge on any atom is -0.493 e. The van der Waals surface area contributed by atoms with Gasteiger partial charge in [0.05, 0.1) is 41.4 Å². The molecular formula is C34H51N3O7S2. The maximum atomic E-state index is 12.9. The number of benzene rings is 2. The van der Waals surface area contributed by atoms with Gasteiger partial charge in [0, 0.05) is 18.0 Å². The summed E-state index contributed by atoms with van der Waals surface area (Å²) in [5.74, 6) is 0.995. The Hall–Kier alpha value is -3.09. The van der Waals surface area contributed by atoms with Gasteiger partial charge < -0.3 is 14.0 Å². The Labute approximate surface area is 275 Å². The summed E-state index contributed by atoms with van der Waals surface area (Å²) in [5.41, 5.74) is 1.98. The van der Waals surface area contributed by atoms with Gasteiger partial charge in [0.15, 0.2) is 11.5 Å². The molecule has 2 N–H and O–H groups in total. The van der Waals surface area contributed by atoms with Crippen LogP contribution in [0.15, 0.2) is 52.5 Å². The fourth-order valence-corrected chi connectivity index (χ4v) is 7.04. The summed E-state index contributed by atoms with van der Waals surface area (Å²) >= 11 is 0. The molecule has 12 heteroatoms. The van der Waals surface area contributed by atoms with E-state index in [0.29, 0.717) is 34.5 Å². The number of rotatable bonds is 21. The molecule has 3 aromatic rings. The van der Waals surface area contributed by atoms with Crippen molar-refractivity contribution in [2.24, 2.45) is 12.1 Å². The summed E-state index contributed by atoms with van der Waals surface area (Å²) in [6, 6.07) is 11.2. The molecule has 0 aliphatic carbocycles. The molecule has 0 unspecified atom stereocenters. The molecule has 1 heterocycles. The molecule has 1 aromatic heterocycles. The fraction of sp³-hybridized carbons (Fsp3) is 0.559. The molecule has 0 fully saturated rings. The quantitative estimate of drug-likeness (QED) is 0.0685. The van der Waals surface area contributed by atoms with Gasteiger partial charge >= 0.3 is 0 Å². The van der Waals surface area contributed by atoms with Gasteiger partial charge in [-0.05, 0) is 48.9 Å². The van der Waals surface area contributed by atoms with Crippen molar-refractivity contribution in [1.29, 1.82) is 0 Å². The normalized spacial score (nSPS) is 12.5. The average Bonchev–Trinajstić information content (AvgIpc) is 3.03. The van der Waals surface area contributed by atoms with Gasteiger partial charge in [-0.25, -0.2) is 13.2 Å². The number of nitrogens with one attached hydrogen (secondary N) is 1. The minimum atomic E-state index is -4.50. The first-order valence-electron chi connectivity index (χ1n) is 16.4. The number of fused-ring (bicyclic) bond motifs is 1. The first kappa shape index (κ1) is 37.4. The van der Waals surface area contributed by atoms with Crippen molar-refractivity contribution in [1.82, 2.24) is 9.40 Å². The summed E-state index contributed by atoms with van der Waals surface area (Å²) < 4.78 is 71.9. The third-order valence-corrected chi connectivity index (χ3v) is 10.3. The molecule has 0 bridgehead atoms. The number of hydrogen-bond donors (Lipinski definition) is 2.